The summed E-state index contributed by atoms with van der Waals surface area (Å²) in [6.07, 6.45) is 5.56. The molecule has 0 unspecified atom stereocenters. The highest BCUT2D eigenvalue weighted by atomic mass is 32.1. The van der Waals surface area contributed by atoms with E-state index in [1.54, 1.807) is 17.5 Å². The summed E-state index contributed by atoms with van der Waals surface area (Å²) in [6.45, 7) is 1.04. The number of amides is 4. The van der Waals surface area contributed by atoms with Crippen molar-refractivity contribution in [3.8, 4) is 0 Å². The molecule has 2 atom stereocenters. The van der Waals surface area contributed by atoms with E-state index in [4.69, 9.17) is 0 Å². The summed E-state index contributed by atoms with van der Waals surface area (Å²) in [4.78, 5) is 62.6. The lowest BCUT2D eigenvalue weighted by molar-refractivity contribution is -0.133. The molecule has 31 heavy (non-hydrogen) atoms. The highest BCUT2D eigenvalue weighted by Gasteiger charge is 2.39. The number of nitrogens with one attached hydrogen (secondary N) is 2. The number of aromatic nitrogens is 2. The van der Waals surface area contributed by atoms with Crippen LogP contribution >= 0.6 is 11.3 Å². The maximum atomic E-state index is 13.2. The van der Waals surface area contributed by atoms with Gasteiger partial charge in [-0.05, 0) is 24.3 Å². The molecule has 4 heterocycles. The highest BCUT2D eigenvalue weighted by Crippen LogP contribution is 2.19. The average molecular weight is 443 g/mol. The molecule has 11 heteroatoms. The van der Waals surface area contributed by atoms with E-state index < -0.39 is 18.0 Å². The Morgan fingerprint density at radius 1 is 1.19 bits per heavy atom. The second kappa shape index (κ2) is 9.21. The number of piperazine rings is 1. The predicted octanol–water partition coefficient (Wildman–Crippen LogP) is -0.100. The first-order valence-electron chi connectivity index (χ1n) is 10.0. The molecule has 4 amide bonds. The normalized spacial score (nSPS) is 21.4. The van der Waals surface area contributed by atoms with Crippen LogP contribution in [0.1, 0.15) is 33.0 Å². The summed E-state index contributed by atoms with van der Waals surface area (Å²) in [5, 5.41) is 7.29. The first-order chi connectivity index (χ1) is 15.0. The molecule has 0 spiro atoms. The Kier molecular flexibility index (Phi) is 6.21. The van der Waals surface area contributed by atoms with Gasteiger partial charge in [-0.2, -0.15) is 0 Å². The van der Waals surface area contributed by atoms with Crippen LogP contribution in [-0.2, 0) is 9.59 Å². The molecular formula is C20H22N6O4S. The van der Waals surface area contributed by atoms with E-state index in [1.807, 2.05) is 0 Å². The lowest BCUT2D eigenvalue weighted by atomic mass is 10.0. The smallest absolute Gasteiger partial charge is 0.274 e. The summed E-state index contributed by atoms with van der Waals surface area (Å²) in [6, 6.07) is 1.91. The third-order valence-electron chi connectivity index (χ3n) is 5.35. The number of carbonyl (C=O) groups is 4. The number of rotatable bonds is 4. The Hall–Kier alpha value is -3.34. The zero-order chi connectivity index (χ0) is 21.8. The Labute approximate surface area is 182 Å². The van der Waals surface area contributed by atoms with Crippen molar-refractivity contribution in [1.29, 1.82) is 0 Å². The van der Waals surface area contributed by atoms with Crippen LogP contribution in [0.4, 0.5) is 0 Å². The number of hydrogen-bond donors (Lipinski definition) is 2. The maximum Gasteiger partial charge on any atom is 0.274 e. The van der Waals surface area contributed by atoms with Gasteiger partial charge >= 0.3 is 0 Å². The van der Waals surface area contributed by atoms with Crippen molar-refractivity contribution < 1.29 is 19.2 Å². The van der Waals surface area contributed by atoms with Crippen molar-refractivity contribution in [2.45, 2.75) is 24.9 Å². The summed E-state index contributed by atoms with van der Waals surface area (Å²) >= 11 is 1.29. The molecule has 0 aromatic carbocycles. The first kappa shape index (κ1) is 20.9. The van der Waals surface area contributed by atoms with E-state index in [-0.39, 0.29) is 43.0 Å². The van der Waals surface area contributed by atoms with Crippen molar-refractivity contribution in [1.82, 2.24) is 30.4 Å². The molecule has 2 fully saturated rings. The molecule has 4 rings (SSSR count). The molecule has 2 aliphatic heterocycles. The topological polar surface area (TPSA) is 125 Å². The van der Waals surface area contributed by atoms with Gasteiger partial charge in [-0.3, -0.25) is 24.2 Å². The Balaban J connectivity index is 1.54. The number of carbonyl (C=O) groups excluding carboxylic acids is 4. The van der Waals surface area contributed by atoms with Crippen molar-refractivity contribution >= 4 is 35.0 Å². The van der Waals surface area contributed by atoms with Gasteiger partial charge in [0, 0.05) is 32.0 Å². The average Bonchev–Trinajstić information content (AvgIpc) is 3.35. The second-order valence-electron chi connectivity index (χ2n) is 7.33. The molecule has 2 aromatic rings. The summed E-state index contributed by atoms with van der Waals surface area (Å²) in [7, 11) is 0. The van der Waals surface area contributed by atoms with Crippen LogP contribution in [0.25, 0.3) is 0 Å². The molecule has 0 saturated carbocycles. The van der Waals surface area contributed by atoms with E-state index in [0.717, 1.165) is 6.42 Å². The van der Waals surface area contributed by atoms with E-state index in [0.29, 0.717) is 17.8 Å². The third-order valence-corrected chi connectivity index (χ3v) is 6.20. The van der Waals surface area contributed by atoms with Gasteiger partial charge in [0.1, 0.15) is 17.8 Å². The Bertz CT molecular complexity index is 967. The third kappa shape index (κ3) is 4.55. The fraction of sp³-hybridized carbons (Fsp3) is 0.400. The summed E-state index contributed by atoms with van der Waals surface area (Å²) in [5.74, 6) is -1.32. The van der Waals surface area contributed by atoms with Gasteiger partial charge in [-0.1, -0.05) is 6.07 Å². The quantitative estimate of drug-likeness (QED) is 0.681. The van der Waals surface area contributed by atoms with Crippen LogP contribution in [0.15, 0.2) is 36.1 Å². The minimum absolute atomic E-state index is 0.00664. The number of nitrogens with zero attached hydrogens (tertiary/aromatic N) is 4. The maximum absolute atomic E-state index is 13.2. The largest absolute Gasteiger partial charge is 0.354 e. The fourth-order valence-corrected chi connectivity index (χ4v) is 4.40. The minimum Gasteiger partial charge on any atom is -0.354 e. The highest BCUT2D eigenvalue weighted by molar-refractivity contribution is 7.12. The molecule has 162 valence electrons. The van der Waals surface area contributed by atoms with E-state index in [2.05, 4.69) is 20.6 Å². The van der Waals surface area contributed by atoms with Crippen molar-refractivity contribution in [3.05, 3.63) is 46.7 Å². The molecule has 0 bridgehead atoms. The van der Waals surface area contributed by atoms with Crippen LogP contribution in [0.3, 0.4) is 0 Å². The molecule has 10 nitrogen and oxygen atoms in total. The number of hydrogen-bond acceptors (Lipinski definition) is 7. The molecule has 2 aliphatic rings. The summed E-state index contributed by atoms with van der Waals surface area (Å²) < 4.78 is 0. The molecule has 0 aliphatic carbocycles. The fourth-order valence-electron chi connectivity index (χ4n) is 3.73. The summed E-state index contributed by atoms with van der Waals surface area (Å²) in [5.41, 5.74) is 0.173. The van der Waals surface area contributed by atoms with Crippen LogP contribution in [0, 0.1) is 0 Å². The van der Waals surface area contributed by atoms with Crippen LogP contribution in [-0.4, -0.2) is 81.7 Å². The first-order valence-corrected chi connectivity index (χ1v) is 10.9. The van der Waals surface area contributed by atoms with Gasteiger partial charge in [0.2, 0.25) is 11.8 Å². The van der Waals surface area contributed by atoms with Gasteiger partial charge in [-0.25, -0.2) is 4.98 Å². The Morgan fingerprint density at radius 3 is 2.77 bits per heavy atom. The number of piperidine rings is 1. The van der Waals surface area contributed by atoms with Gasteiger partial charge in [0.25, 0.3) is 11.8 Å². The molecular weight excluding hydrogens is 420 g/mol. The van der Waals surface area contributed by atoms with E-state index in [9.17, 15) is 19.2 Å². The second-order valence-corrected chi connectivity index (χ2v) is 8.28. The van der Waals surface area contributed by atoms with Crippen molar-refractivity contribution in [2.24, 2.45) is 0 Å². The molecule has 2 N–H and O–H groups in total. The Morgan fingerprint density at radius 2 is 2.06 bits per heavy atom. The van der Waals surface area contributed by atoms with Gasteiger partial charge in [-0.15, -0.1) is 11.3 Å². The lowest BCUT2D eigenvalue weighted by Gasteiger charge is -2.40. The zero-order valence-corrected chi connectivity index (χ0v) is 17.5. The van der Waals surface area contributed by atoms with Gasteiger partial charge in [0.05, 0.1) is 17.6 Å². The molecule has 2 saturated heterocycles. The van der Waals surface area contributed by atoms with Crippen molar-refractivity contribution in [3.63, 3.8) is 0 Å². The van der Waals surface area contributed by atoms with Crippen LogP contribution in [0.2, 0.25) is 0 Å². The molecule has 0 radical (unpaired) electrons. The van der Waals surface area contributed by atoms with Gasteiger partial charge < -0.3 is 20.4 Å². The number of thiophene rings is 1. The van der Waals surface area contributed by atoms with Crippen LogP contribution < -0.4 is 10.6 Å². The van der Waals surface area contributed by atoms with E-state index >= 15 is 0 Å². The SMILES string of the molecule is O=C(N[C@@H]1CCCNC1=O)[C@H]1CN(C(=O)c2cnccn2)CCN1C(=O)c1cccs1. The van der Waals surface area contributed by atoms with E-state index in [1.165, 1.54) is 39.7 Å². The monoisotopic (exact) mass is 442 g/mol. The standard InChI is InChI=1S/C20H22N6O4S/c27-17-13(3-1-5-23-17)24-18(28)15-12-25(19(29)14-11-21-6-7-22-14)8-9-26(15)20(30)16-4-2-10-31-16/h2,4,6-7,10-11,13,15H,1,3,5,8-9,12H2,(H,23,27)(H,24,28)/t13-,15-/m1/s1. The van der Waals surface area contributed by atoms with Crippen molar-refractivity contribution in [2.75, 3.05) is 26.2 Å². The van der Waals surface area contributed by atoms with Gasteiger partial charge in [0.15, 0.2) is 0 Å². The lowest BCUT2D eigenvalue weighted by Crippen LogP contribution is -2.63. The minimum atomic E-state index is -0.918. The van der Waals surface area contributed by atoms with Crippen LogP contribution in [0.5, 0.6) is 0 Å². The zero-order valence-electron chi connectivity index (χ0n) is 16.7. The predicted molar refractivity (Wildman–Crippen MR) is 111 cm³/mol. The molecule has 2 aromatic heterocycles.